The van der Waals surface area contributed by atoms with Gasteiger partial charge in [0, 0.05) is 31.5 Å². The number of nitrogens with zero attached hydrogens (tertiary/aromatic N) is 2. The van der Waals surface area contributed by atoms with Gasteiger partial charge in [0.25, 0.3) is 0 Å². The van der Waals surface area contributed by atoms with Crippen molar-refractivity contribution in [2.45, 2.75) is 51.5 Å². The van der Waals surface area contributed by atoms with Gasteiger partial charge in [0.1, 0.15) is 5.54 Å². The molecule has 1 aliphatic rings. The fourth-order valence-electron chi connectivity index (χ4n) is 3.23. The molecular weight excluding hydrogens is 340 g/mol. The molecule has 3 N–H and O–H groups in total. The quantitative estimate of drug-likeness (QED) is 0.731. The highest BCUT2D eigenvalue weighted by Gasteiger charge is 2.36. The Hall–Kier alpha value is -2.39. The van der Waals surface area contributed by atoms with E-state index in [1.807, 2.05) is 18.2 Å². The standard InChI is InChI=1S/C21H30N4O2/c1-20(2,19(23)27)10-8-18(26)24-21(16-22)11-14-25(15-12-21)13-9-17-6-4-3-5-7-17/h3-7H,8-15H2,1-2H3,(H2,23,27)(H,24,26). The van der Waals surface area contributed by atoms with Crippen LogP contribution in [0.15, 0.2) is 30.3 Å². The molecule has 1 aliphatic heterocycles. The van der Waals surface area contributed by atoms with Crippen molar-refractivity contribution >= 4 is 11.8 Å². The monoisotopic (exact) mass is 370 g/mol. The highest BCUT2D eigenvalue weighted by atomic mass is 16.2. The molecule has 1 heterocycles. The van der Waals surface area contributed by atoms with Crippen LogP contribution in [-0.2, 0) is 16.0 Å². The number of nitrogens with two attached hydrogens (primary N) is 1. The maximum absolute atomic E-state index is 12.3. The van der Waals surface area contributed by atoms with Crippen LogP contribution in [0.2, 0.25) is 0 Å². The van der Waals surface area contributed by atoms with Crippen LogP contribution in [0.3, 0.4) is 0 Å². The first-order valence-electron chi connectivity index (χ1n) is 9.55. The van der Waals surface area contributed by atoms with E-state index in [1.54, 1.807) is 13.8 Å². The van der Waals surface area contributed by atoms with Crippen molar-refractivity contribution in [1.29, 1.82) is 5.26 Å². The molecule has 1 fully saturated rings. The Morgan fingerprint density at radius 1 is 1.26 bits per heavy atom. The molecule has 0 atom stereocenters. The number of carbonyl (C=O) groups excluding carboxylic acids is 2. The Morgan fingerprint density at radius 3 is 2.44 bits per heavy atom. The number of amides is 2. The molecule has 2 rings (SSSR count). The van der Waals surface area contributed by atoms with Crippen LogP contribution in [0, 0.1) is 16.7 Å². The molecule has 0 radical (unpaired) electrons. The lowest BCUT2D eigenvalue weighted by atomic mass is 9.85. The number of piperidine rings is 1. The first kappa shape index (κ1) is 20.9. The van der Waals surface area contributed by atoms with Crippen LogP contribution in [-0.4, -0.2) is 41.9 Å². The minimum Gasteiger partial charge on any atom is -0.369 e. The van der Waals surface area contributed by atoms with Gasteiger partial charge in [-0.2, -0.15) is 5.26 Å². The van der Waals surface area contributed by atoms with E-state index in [9.17, 15) is 14.9 Å². The fraction of sp³-hybridized carbons (Fsp3) is 0.571. The Balaban J connectivity index is 1.80. The summed E-state index contributed by atoms with van der Waals surface area (Å²) in [7, 11) is 0. The molecular formula is C21H30N4O2. The van der Waals surface area contributed by atoms with E-state index < -0.39 is 16.9 Å². The second kappa shape index (κ2) is 9.01. The van der Waals surface area contributed by atoms with Gasteiger partial charge < -0.3 is 16.0 Å². The van der Waals surface area contributed by atoms with Gasteiger partial charge in [0.2, 0.25) is 11.8 Å². The number of rotatable bonds is 8. The first-order valence-corrected chi connectivity index (χ1v) is 9.55. The highest BCUT2D eigenvalue weighted by molar-refractivity contribution is 5.82. The molecule has 6 nitrogen and oxygen atoms in total. The van der Waals surface area contributed by atoms with Crippen molar-refractivity contribution in [2.24, 2.45) is 11.1 Å². The summed E-state index contributed by atoms with van der Waals surface area (Å²) in [6, 6.07) is 12.7. The minimum absolute atomic E-state index is 0.191. The van der Waals surface area contributed by atoms with Gasteiger partial charge >= 0.3 is 0 Å². The summed E-state index contributed by atoms with van der Waals surface area (Å²) in [6.45, 7) is 5.98. The third-order valence-corrected chi connectivity index (χ3v) is 5.51. The van der Waals surface area contributed by atoms with E-state index in [0.29, 0.717) is 19.3 Å². The molecule has 0 aliphatic carbocycles. The first-order chi connectivity index (χ1) is 12.8. The Bertz CT molecular complexity index is 686. The van der Waals surface area contributed by atoms with E-state index >= 15 is 0 Å². The van der Waals surface area contributed by atoms with Crippen molar-refractivity contribution in [1.82, 2.24) is 10.2 Å². The second-order valence-electron chi connectivity index (χ2n) is 8.07. The van der Waals surface area contributed by atoms with Crippen LogP contribution in [0.1, 0.15) is 45.1 Å². The summed E-state index contributed by atoms with van der Waals surface area (Å²) >= 11 is 0. The molecule has 0 unspecified atom stereocenters. The van der Waals surface area contributed by atoms with E-state index in [0.717, 1.165) is 26.1 Å². The van der Waals surface area contributed by atoms with Crippen molar-refractivity contribution in [3.8, 4) is 6.07 Å². The predicted octanol–water partition coefficient (Wildman–Crippen LogP) is 2.00. The van der Waals surface area contributed by atoms with E-state index in [1.165, 1.54) is 5.56 Å². The van der Waals surface area contributed by atoms with Crippen molar-refractivity contribution < 1.29 is 9.59 Å². The van der Waals surface area contributed by atoms with Crippen LogP contribution in [0.5, 0.6) is 0 Å². The summed E-state index contributed by atoms with van der Waals surface area (Å²) < 4.78 is 0. The van der Waals surface area contributed by atoms with Crippen LogP contribution >= 0.6 is 0 Å². The maximum Gasteiger partial charge on any atom is 0.223 e. The number of nitrogens with one attached hydrogen (secondary N) is 1. The van der Waals surface area contributed by atoms with Crippen LogP contribution in [0.25, 0.3) is 0 Å². The van der Waals surface area contributed by atoms with Crippen molar-refractivity contribution in [2.75, 3.05) is 19.6 Å². The SMILES string of the molecule is CC(C)(CCC(=O)NC1(C#N)CCN(CCc2ccccc2)CC1)C(N)=O. The Morgan fingerprint density at radius 2 is 1.89 bits per heavy atom. The van der Waals surface area contributed by atoms with Crippen molar-refractivity contribution in [3.05, 3.63) is 35.9 Å². The number of likely N-dealkylation sites (tertiary alicyclic amines) is 1. The van der Waals surface area contributed by atoms with Gasteiger partial charge in [-0.1, -0.05) is 44.2 Å². The Kier molecular flexibility index (Phi) is 6.98. The lowest BCUT2D eigenvalue weighted by molar-refractivity contribution is -0.127. The summed E-state index contributed by atoms with van der Waals surface area (Å²) in [5.41, 5.74) is 5.12. The van der Waals surface area contributed by atoms with Gasteiger partial charge in [-0.05, 0) is 31.2 Å². The second-order valence-corrected chi connectivity index (χ2v) is 8.07. The molecule has 0 aromatic heterocycles. The lowest BCUT2D eigenvalue weighted by Crippen LogP contribution is -2.54. The third kappa shape index (κ3) is 6.07. The summed E-state index contributed by atoms with van der Waals surface area (Å²) in [5, 5.41) is 12.6. The number of primary amides is 1. The molecule has 146 valence electrons. The Labute approximate surface area is 161 Å². The molecule has 0 spiro atoms. The summed E-state index contributed by atoms with van der Waals surface area (Å²) in [4.78, 5) is 26.0. The molecule has 0 bridgehead atoms. The molecule has 0 saturated carbocycles. The average molecular weight is 370 g/mol. The van der Waals surface area contributed by atoms with E-state index in [2.05, 4.69) is 28.4 Å². The van der Waals surface area contributed by atoms with E-state index in [4.69, 9.17) is 5.73 Å². The van der Waals surface area contributed by atoms with E-state index in [-0.39, 0.29) is 12.3 Å². The summed E-state index contributed by atoms with van der Waals surface area (Å²) in [5.74, 6) is -0.611. The van der Waals surface area contributed by atoms with Crippen molar-refractivity contribution in [3.63, 3.8) is 0 Å². The summed E-state index contributed by atoms with van der Waals surface area (Å²) in [6.07, 6.45) is 2.78. The lowest BCUT2D eigenvalue weighted by Gasteiger charge is -2.38. The zero-order valence-electron chi connectivity index (χ0n) is 16.3. The third-order valence-electron chi connectivity index (χ3n) is 5.51. The van der Waals surface area contributed by atoms with Crippen LogP contribution < -0.4 is 11.1 Å². The number of benzene rings is 1. The van der Waals surface area contributed by atoms with Gasteiger partial charge in [-0.15, -0.1) is 0 Å². The van der Waals surface area contributed by atoms with Gasteiger partial charge in [-0.25, -0.2) is 0 Å². The predicted molar refractivity (Wildman–Crippen MR) is 105 cm³/mol. The molecule has 1 aromatic carbocycles. The average Bonchev–Trinajstić information content (AvgIpc) is 2.66. The zero-order chi connectivity index (χ0) is 19.9. The largest absolute Gasteiger partial charge is 0.369 e. The molecule has 27 heavy (non-hydrogen) atoms. The topological polar surface area (TPSA) is 99.2 Å². The normalized spacial score (nSPS) is 17.1. The minimum atomic E-state index is -0.808. The number of nitriles is 1. The maximum atomic E-state index is 12.3. The number of hydrogen-bond donors (Lipinski definition) is 2. The number of hydrogen-bond acceptors (Lipinski definition) is 4. The molecule has 1 aromatic rings. The smallest absolute Gasteiger partial charge is 0.223 e. The number of carbonyl (C=O) groups is 2. The molecule has 6 heteroatoms. The van der Waals surface area contributed by atoms with Crippen LogP contribution in [0.4, 0.5) is 0 Å². The van der Waals surface area contributed by atoms with Gasteiger partial charge in [0.05, 0.1) is 6.07 Å². The highest BCUT2D eigenvalue weighted by Crippen LogP contribution is 2.24. The molecule has 1 saturated heterocycles. The zero-order valence-corrected chi connectivity index (χ0v) is 16.3. The molecule has 2 amide bonds. The fourth-order valence-corrected chi connectivity index (χ4v) is 3.23. The van der Waals surface area contributed by atoms with Gasteiger partial charge in [-0.3, -0.25) is 9.59 Å². The van der Waals surface area contributed by atoms with Gasteiger partial charge in [0.15, 0.2) is 0 Å².